The van der Waals surface area contributed by atoms with Crippen LogP contribution < -0.4 is 0 Å². The highest BCUT2D eigenvalue weighted by molar-refractivity contribution is 6.13. The van der Waals surface area contributed by atoms with E-state index < -0.39 is 0 Å². The van der Waals surface area contributed by atoms with Crippen LogP contribution in [0.2, 0.25) is 0 Å². The Bertz CT molecular complexity index is 709. The van der Waals surface area contributed by atoms with Crippen LogP contribution in [0.3, 0.4) is 0 Å². The molecule has 2 aromatic carbocycles. The fourth-order valence-corrected chi connectivity index (χ4v) is 3.14. The molecule has 0 bridgehead atoms. The van der Waals surface area contributed by atoms with Crippen LogP contribution in [0.15, 0.2) is 24.3 Å². The molecule has 27 heavy (non-hydrogen) atoms. The van der Waals surface area contributed by atoms with Crippen LogP contribution >= 0.6 is 0 Å². The van der Waals surface area contributed by atoms with E-state index in [9.17, 15) is 4.79 Å². The van der Waals surface area contributed by atoms with Gasteiger partial charge in [-0.2, -0.15) is 0 Å². The molecule has 1 heteroatoms. The normalized spacial score (nSPS) is 10.1. The summed E-state index contributed by atoms with van der Waals surface area (Å²) in [6.07, 6.45) is 0.880. The lowest BCUT2D eigenvalue weighted by Gasteiger charge is -2.25. The SMILES string of the molecule is CC.CC.CC.CC.Cc1c(C)c(C)c2c(c1C)Cc1ccccc1C2=O. The van der Waals surface area contributed by atoms with E-state index in [1.807, 2.05) is 73.6 Å². The highest BCUT2D eigenvalue weighted by Gasteiger charge is 2.27. The van der Waals surface area contributed by atoms with Crippen LogP contribution in [0, 0.1) is 27.7 Å². The molecule has 1 aliphatic carbocycles. The second-order valence-electron chi connectivity index (χ2n) is 5.52. The number of benzene rings is 2. The van der Waals surface area contributed by atoms with Crippen molar-refractivity contribution in [3.8, 4) is 0 Å². The quantitative estimate of drug-likeness (QED) is 0.390. The van der Waals surface area contributed by atoms with Crippen molar-refractivity contribution >= 4 is 5.78 Å². The summed E-state index contributed by atoms with van der Waals surface area (Å²) in [5, 5.41) is 0. The average Bonchev–Trinajstić information content (AvgIpc) is 2.76. The van der Waals surface area contributed by atoms with Gasteiger partial charge in [0.2, 0.25) is 0 Å². The van der Waals surface area contributed by atoms with Crippen LogP contribution in [-0.2, 0) is 6.42 Å². The first-order valence-electron chi connectivity index (χ1n) is 10.7. The van der Waals surface area contributed by atoms with Crippen molar-refractivity contribution in [2.45, 2.75) is 89.5 Å². The van der Waals surface area contributed by atoms with E-state index in [2.05, 4.69) is 33.8 Å². The highest BCUT2D eigenvalue weighted by atomic mass is 16.1. The molecular weight excluding hydrogens is 328 g/mol. The maximum Gasteiger partial charge on any atom is 0.193 e. The predicted molar refractivity (Wildman–Crippen MR) is 123 cm³/mol. The summed E-state index contributed by atoms with van der Waals surface area (Å²) in [7, 11) is 0. The van der Waals surface area contributed by atoms with E-state index in [0.29, 0.717) is 0 Å². The van der Waals surface area contributed by atoms with Gasteiger partial charge < -0.3 is 0 Å². The lowest BCUT2D eigenvalue weighted by molar-refractivity contribution is 0.103. The Kier molecular flexibility index (Phi) is 14.4. The zero-order valence-electron chi connectivity index (χ0n) is 19.9. The van der Waals surface area contributed by atoms with E-state index in [1.54, 1.807) is 0 Å². The number of rotatable bonds is 0. The summed E-state index contributed by atoms with van der Waals surface area (Å²) in [5.41, 5.74) is 9.21. The minimum atomic E-state index is 0.195. The molecule has 0 N–H and O–H groups in total. The first-order chi connectivity index (χ1) is 13.0. The summed E-state index contributed by atoms with van der Waals surface area (Å²) in [4.78, 5) is 12.7. The maximum atomic E-state index is 12.7. The molecule has 0 spiro atoms. The number of carbonyl (C=O) groups excluding carboxylic acids is 1. The van der Waals surface area contributed by atoms with Gasteiger partial charge in [0, 0.05) is 11.1 Å². The lowest BCUT2D eigenvalue weighted by atomic mass is 9.78. The fourth-order valence-electron chi connectivity index (χ4n) is 3.14. The maximum absolute atomic E-state index is 12.7. The van der Waals surface area contributed by atoms with Crippen LogP contribution in [-0.4, -0.2) is 5.78 Å². The van der Waals surface area contributed by atoms with Gasteiger partial charge in [0.1, 0.15) is 0 Å². The van der Waals surface area contributed by atoms with E-state index in [-0.39, 0.29) is 5.78 Å². The third-order valence-electron chi connectivity index (χ3n) is 4.67. The molecule has 0 amide bonds. The number of fused-ring (bicyclic) bond motifs is 2. The zero-order chi connectivity index (χ0) is 21.7. The number of ketones is 1. The van der Waals surface area contributed by atoms with Crippen molar-refractivity contribution in [1.29, 1.82) is 0 Å². The van der Waals surface area contributed by atoms with Crippen molar-refractivity contribution in [1.82, 2.24) is 0 Å². The molecule has 0 fully saturated rings. The summed E-state index contributed by atoms with van der Waals surface area (Å²) in [6.45, 7) is 24.5. The van der Waals surface area contributed by atoms with Gasteiger partial charge >= 0.3 is 0 Å². The Morgan fingerprint density at radius 3 is 1.59 bits per heavy atom. The van der Waals surface area contributed by atoms with Crippen molar-refractivity contribution in [2.24, 2.45) is 0 Å². The topological polar surface area (TPSA) is 17.1 Å². The first-order valence-corrected chi connectivity index (χ1v) is 10.7. The van der Waals surface area contributed by atoms with Gasteiger partial charge in [0.15, 0.2) is 5.78 Å². The van der Waals surface area contributed by atoms with Crippen LogP contribution in [0.25, 0.3) is 0 Å². The van der Waals surface area contributed by atoms with Gasteiger partial charge in [-0.15, -0.1) is 0 Å². The summed E-state index contributed by atoms with van der Waals surface area (Å²) >= 11 is 0. The monoisotopic (exact) mass is 370 g/mol. The molecule has 0 aliphatic heterocycles. The van der Waals surface area contributed by atoms with Crippen LogP contribution in [0.5, 0.6) is 0 Å². The van der Waals surface area contributed by atoms with Crippen molar-refractivity contribution < 1.29 is 4.79 Å². The van der Waals surface area contributed by atoms with Crippen LogP contribution in [0.1, 0.15) is 105 Å². The smallest absolute Gasteiger partial charge is 0.193 e. The second-order valence-corrected chi connectivity index (χ2v) is 5.52. The summed E-state index contributed by atoms with van der Waals surface area (Å²) in [6, 6.07) is 7.98. The Balaban J connectivity index is 0. The summed E-state index contributed by atoms with van der Waals surface area (Å²) < 4.78 is 0. The number of hydrogen-bond acceptors (Lipinski definition) is 1. The standard InChI is InChI=1S/C18H18O.4C2H6/c1-10-11(2)13(4)17-16(12(10)3)9-14-7-5-6-8-15(14)18(17)19;4*1-2/h5-8H,9H2,1-4H3;4*1-2H3. The summed E-state index contributed by atoms with van der Waals surface area (Å²) in [5.74, 6) is 0.195. The van der Waals surface area contributed by atoms with Gasteiger partial charge in [0.05, 0.1) is 0 Å². The molecule has 1 aliphatic rings. The van der Waals surface area contributed by atoms with Gasteiger partial charge in [-0.25, -0.2) is 0 Å². The van der Waals surface area contributed by atoms with Gasteiger partial charge in [0.25, 0.3) is 0 Å². The molecule has 0 saturated carbocycles. The van der Waals surface area contributed by atoms with Gasteiger partial charge in [-0.1, -0.05) is 79.7 Å². The largest absolute Gasteiger partial charge is 0.289 e. The Labute approximate surface area is 169 Å². The minimum Gasteiger partial charge on any atom is -0.289 e. The molecule has 2 aromatic rings. The molecule has 1 nitrogen and oxygen atoms in total. The molecular formula is C26H42O. The third kappa shape index (κ3) is 5.79. The molecule has 0 atom stereocenters. The number of carbonyl (C=O) groups is 1. The fraction of sp³-hybridized carbons (Fsp3) is 0.500. The lowest BCUT2D eigenvalue weighted by Crippen LogP contribution is -2.19. The molecule has 0 radical (unpaired) electrons. The van der Waals surface area contributed by atoms with Crippen LogP contribution in [0.4, 0.5) is 0 Å². The minimum absolute atomic E-state index is 0.195. The first kappa shape index (κ1) is 27.3. The molecule has 0 heterocycles. The van der Waals surface area contributed by atoms with Crippen molar-refractivity contribution in [3.05, 3.63) is 68.8 Å². The highest BCUT2D eigenvalue weighted by Crippen LogP contribution is 2.34. The van der Waals surface area contributed by atoms with Gasteiger partial charge in [-0.3, -0.25) is 4.79 Å². The average molecular weight is 371 g/mol. The molecule has 0 saturated heterocycles. The van der Waals surface area contributed by atoms with E-state index in [0.717, 1.165) is 28.7 Å². The zero-order valence-corrected chi connectivity index (χ0v) is 19.9. The van der Waals surface area contributed by atoms with Crippen molar-refractivity contribution in [3.63, 3.8) is 0 Å². The number of hydrogen-bond donors (Lipinski definition) is 0. The van der Waals surface area contributed by atoms with Crippen molar-refractivity contribution in [2.75, 3.05) is 0 Å². The molecule has 152 valence electrons. The molecule has 0 aromatic heterocycles. The van der Waals surface area contributed by atoms with E-state index >= 15 is 0 Å². The van der Waals surface area contributed by atoms with E-state index in [1.165, 1.54) is 22.3 Å². The van der Waals surface area contributed by atoms with E-state index in [4.69, 9.17) is 0 Å². The van der Waals surface area contributed by atoms with Gasteiger partial charge in [-0.05, 0) is 67.5 Å². The molecule has 0 unspecified atom stereocenters. The Morgan fingerprint density at radius 2 is 1.07 bits per heavy atom. The Hall–Kier alpha value is -1.89. The molecule has 3 rings (SSSR count). The predicted octanol–water partition coefficient (Wildman–Crippen LogP) is 8.16. The Morgan fingerprint density at radius 1 is 0.630 bits per heavy atom. The second kappa shape index (κ2) is 14.2. The third-order valence-corrected chi connectivity index (χ3v) is 4.67.